The molecule has 3 rings (SSSR count). The summed E-state index contributed by atoms with van der Waals surface area (Å²) < 4.78 is 8.40. The minimum Gasteiger partial charge on any atom is -0.493 e. The van der Waals surface area contributed by atoms with Crippen molar-refractivity contribution >= 4 is 39.5 Å². The van der Waals surface area contributed by atoms with E-state index in [9.17, 15) is 4.79 Å². The molecular weight excluding hydrogens is 314 g/mol. The third-order valence-electron chi connectivity index (χ3n) is 3.21. The van der Waals surface area contributed by atoms with E-state index in [2.05, 4.69) is 33.1 Å². The van der Waals surface area contributed by atoms with Gasteiger partial charge in [-0.05, 0) is 40.9 Å². The fourth-order valence-electron chi connectivity index (χ4n) is 2.26. The van der Waals surface area contributed by atoms with Crippen molar-refractivity contribution in [3.8, 4) is 5.75 Å². The minimum atomic E-state index is -0.0160. The molecule has 5 heteroatoms. The van der Waals surface area contributed by atoms with Crippen molar-refractivity contribution in [2.24, 2.45) is 0 Å². The first-order valence-electron chi connectivity index (χ1n) is 5.74. The second-order valence-corrected chi connectivity index (χ2v) is 5.76. The van der Waals surface area contributed by atoms with E-state index in [1.807, 2.05) is 12.1 Å². The molecule has 0 atom stereocenters. The molecule has 0 bridgehead atoms. The number of nitrogens with zero attached hydrogens (tertiary/aromatic N) is 1. The molecule has 0 spiro atoms. The molecule has 1 fully saturated rings. The minimum absolute atomic E-state index is 0.0160. The molecule has 18 heavy (non-hydrogen) atoms. The number of halogens is 1. The molecule has 0 saturated heterocycles. The molecule has 94 valence electrons. The highest BCUT2D eigenvalue weighted by Gasteiger charge is 2.28. The zero-order valence-corrected chi connectivity index (χ0v) is 12.3. The van der Waals surface area contributed by atoms with Gasteiger partial charge in [-0.15, -0.1) is 12.6 Å². The summed E-state index contributed by atoms with van der Waals surface area (Å²) in [6, 6.07) is 5.69. The zero-order valence-electron chi connectivity index (χ0n) is 9.81. The van der Waals surface area contributed by atoms with Gasteiger partial charge in [0.15, 0.2) is 11.2 Å². The number of rotatable bonds is 2. The molecule has 3 nitrogen and oxygen atoms in total. The van der Waals surface area contributed by atoms with Gasteiger partial charge < -0.3 is 9.30 Å². The van der Waals surface area contributed by atoms with Crippen LogP contribution in [0.25, 0.3) is 10.9 Å². The maximum atomic E-state index is 12.0. The van der Waals surface area contributed by atoms with Crippen molar-refractivity contribution in [2.75, 3.05) is 7.11 Å². The molecule has 0 amide bonds. The van der Waals surface area contributed by atoms with Gasteiger partial charge in [-0.3, -0.25) is 4.79 Å². The van der Waals surface area contributed by atoms with Gasteiger partial charge in [0, 0.05) is 17.5 Å². The number of ether oxygens (including phenoxy) is 1. The monoisotopic (exact) mass is 325 g/mol. The van der Waals surface area contributed by atoms with Crippen molar-refractivity contribution in [3.05, 3.63) is 32.9 Å². The van der Waals surface area contributed by atoms with Gasteiger partial charge in [0.25, 0.3) is 0 Å². The summed E-state index contributed by atoms with van der Waals surface area (Å²) in [4.78, 5) is 12.0. The molecule has 0 radical (unpaired) electrons. The summed E-state index contributed by atoms with van der Waals surface area (Å²) >= 11 is 7.90. The van der Waals surface area contributed by atoms with Crippen molar-refractivity contribution < 1.29 is 4.74 Å². The molecule has 1 aromatic heterocycles. The van der Waals surface area contributed by atoms with Crippen LogP contribution in [0.5, 0.6) is 5.75 Å². The highest BCUT2D eigenvalue weighted by atomic mass is 79.9. The number of thiol groups is 1. The second-order valence-electron chi connectivity index (χ2n) is 4.44. The summed E-state index contributed by atoms with van der Waals surface area (Å²) in [7, 11) is 1.62. The first-order chi connectivity index (χ1) is 8.63. The molecular formula is C13H12BrNO2S. The lowest BCUT2D eigenvalue weighted by atomic mass is 10.2. The maximum absolute atomic E-state index is 12.0. The van der Waals surface area contributed by atoms with Crippen LogP contribution >= 0.6 is 28.6 Å². The van der Waals surface area contributed by atoms with Gasteiger partial charge >= 0.3 is 0 Å². The lowest BCUT2D eigenvalue weighted by Crippen LogP contribution is -2.10. The number of hydrogen-bond donors (Lipinski definition) is 1. The first kappa shape index (κ1) is 12.1. The van der Waals surface area contributed by atoms with E-state index in [1.54, 1.807) is 13.2 Å². The molecule has 1 aliphatic rings. The van der Waals surface area contributed by atoms with Crippen LogP contribution in [0, 0.1) is 0 Å². The Kier molecular flexibility index (Phi) is 2.90. The predicted molar refractivity (Wildman–Crippen MR) is 78.0 cm³/mol. The van der Waals surface area contributed by atoms with Gasteiger partial charge in [0.2, 0.25) is 0 Å². The van der Waals surface area contributed by atoms with E-state index in [0.29, 0.717) is 22.2 Å². The van der Waals surface area contributed by atoms with Crippen molar-refractivity contribution in [3.63, 3.8) is 0 Å². The average molecular weight is 326 g/mol. The van der Waals surface area contributed by atoms with Crippen LogP contribution in [0.2, 0.25) is 0 Å². The summed E-state index contributed by atoms with van der Waals surface area (Å²) in [6.45, 7) is 0. The SMILES string of the molecule is COc1c(Br)ccc2c(=O)cc(S)n(C3CC3)c12. The summed E-state index contributed by atoms with van der Waals surface area (Å²) in [6.07, 6.45) is 2.25. The number of hydrogen-bond acceptors (Lipinski definition) is 3. The number of aromatic nitrogens is 1. The highest BCUT2D eigenvalue weighted by molar-refractivity contribution is 9.10. The van der Waals surface area contributed by atoms with E-state index < -0.39 is 0 Å². The van der Waals surface area contributed by atoms with Gasteiger partial charge in [0.1, 0.15) is 0 Å². The number of fused-ring (bicyclic) bond motifs is 1. The predicted octanol–water partition coefficient (Wildman–Crippen LogP) is 3.40. The van der Waals surface area contributed by atoms with Crippen LogP contribution in [-0.4, -0.2) is 11.7 Å². The normalized spacial score (nSPS) is 15.1. The largest absolute Gasteiger partial charge is 0.493 e. The van der Waals surface area contributed by atoms with E-state index in [1.165, 1.54) is 0 Å². The van der Waals surface area contributed by atoms with E-state index >= 15 is 0 Å². The molecule has 1 aliphatic carbocycles. The summed E-state index contributed by atoms with van der Waals surface area (Å²) in [5.74, 6) is 0.701. The lowest BCUT2D eigenvalue weighted by Gasteiger charge is -2.16. The van der Waals surface area contributed by atoms with Crippen molar-refractivity contribution in [1.29, 1.82) is 0 Å². The van der Waals surface area contributed by atoms with Gasteiger partial charge in [-0.1, -0.05) is 0 Å². The Labute approximate surface area is 118 Å². The third kappa shape index (κ3) is 1.77. The third-order valence-corrected chi connectivity index (χ3v) is 4.18. The zero-order chi connectivity index (χ0) is 12.9. The lowest BCUT2D eigenvalue weighted by molar-refractivity contribution is 0.413. The fourth-order valence-corrected chi connectivity index (χ4v) is 3.12. The van der Waals surface area contributed by atoms with Crippen molar-refractivity contribution in [2.45, 2.75) is 23.9 Å². The molecule has 0 aliphatic heterocycles. The van der Waals surface area contributed by atoms with Gasteiger partial charge in [-0.25, -0.2) is 0 Å². The standard InChI is InChI=1S/C13H12BrNO2S/c1-17-13-9(14)5-4-8-10(16)6-11(18)15(12(8)13)7-2-3-7/h4-7,18H,2-3H2,1H3. The Bertz CT molecular complexity index is 691. The van der Waals surface area contributed by atoms with E-state index in [4.69, 9.17) is 4.74 Å². The maximum Gasteiger partial charge on any atom is 0.190 e. The Balaban J connectivity index is 2.51. The second kappa shape index (κ2) is 4.31. The Hall–Kier alpha value is -0.940. The smallest absolute Gasteiger partial charge is 0.190 e. The van der Waals surface area contributed by atoms with Crippen LogP contribution in [-0.2, 0) is 0 Å². The van der Waals surface area contributed by atoms with E-state index in [0.717, 1.165) is 22.8 Å². The van der Waals surface area contributed by atoms with Gasteiger partial charge in [-0.2, -0.15) is 0 Å². The number of pyridine rings is 1. The fraction of sp³-hybridized carbons (Fsp3) is 0.308. The van der Waals surface area contributed by atoms with Gasteiger partial charge in [0.05, 0.1) is 22.1 Å². The molecule has 1 aromatic carbocycles. The Morgan fingerprint density at radius 2 is 2.17 bits per heavy atom. The Morgan fingerprint density at radius 3 is 2.78 bits per heavy atom. The van der Waals surface area contributed by atoms with Crippen LogP contribution in [0.15, 0.2) is 32.5 Å². The summed E-state index contributed by atoms with van der Waals surface area (Å²) in [5.41, 5.74) is 0.824. The molecule has 2 aromatic rings. The molecule has 0 N–H and O–H groups in total. The topological polar surface area (TPSA) is 31.2 Å². The quantitative estimate of drug-likeness (QED) is 0.858. The van der Waals surface area contributed by atoms with Crippen LogP contribution in [0.3, 0.4) is 0 Å². The van der Waals surface area contributed by atoms with Crippen LogP contribution < -0.4 is 10.2 Å². The molecule has 1 saturated carbocycles. The average Bonchev–Trinajstić information content (AvgIpc) is 3.13. The first-order valence-corrected chi connectivity index (χ1v) is 6.98. The molecule has 1 heterocycles. The number of methoxy groups -OCH3 is 1. The number of benzene rings is 1. The van der Waals surface area contributed by atoms with Crippen LogP contribution in [0.1, 0.15) is 18.9 Å². The molecule has 0 unspecified atom stereocenters. The Morgan fingerprint density at radius 1 is 1.44 bits per heavy atom. The van der Waals surface area contributed by atoms with E-state index in [-0.39, 0.29) is 5.43 Å². The van der Waals surface area contributed by atoms with Crippen LogP contribution in [0.4, 0.5) is 0 Å². The van der Waals surface area contributed by atoms with Crippen molar-refractivity contribution in [1.82, 2.24) is 4.57 Å². The highest BCUT2D eigenvalue weighted by Crippen LogP contribution is 2.42. The summed E-state index contributed by atoms with van der Waals surface area (Å²) in [5, 5.41) is 1.38.